The van der Waals surface area contributed by atoms with Crippen molar-refractivity contribution >= 4 is 11.6 Å². The average molecular weight is 275 g/mol. The highest BCUT2D eigenvalue weighted by atomic mass is 16.2. The van der Waals surface area contributed by atoms with Crippen molar-refractivity contribution in [3.8, 4) is 0 Å². The maximum Gasteiger partial charge on any atom is 0.257 e. The summed E-state index contributed by atoms with van der Waals surface area (Å²) in [6.45, 7) is 8.04. The Kier molecular flexibility index (Phi) is 4.31. The lowest BCUT2D eigenvalue weighted by atomic mass is 9.74. The molecule has 1 fully saturated rings. The number of carbonyl (C=O) groups is 1. The highest BCUT2D eigenvalue weighted by Crippen LogP contribution is 2.38. The molecule has 1 saturated heterocycles. The first kappa shape index (κ1) is 14.8. The minimum absolute atomic E-state index is 0.0239. The van der Waals surface area contributed by atoms with Crippen LogP contribution in [-0.4, -0.2) is 28.9 Å². The van der Waals surface area contributed by atoms with Gasteiger partial charge in [-0.3, -0.25) is 9.78 Å². The van der Waals surface area contributed by atoms with E-state index in [0.717, 1.165) is 31.6 Å². The molecule has 0 bridgehead atoms. The zero-order valence-corrected chi connectivity index (χ0v) is 12.8. The van der Waals surface area contributed by atoms with Crippen molar-refractivity contribution in [1.82, 2.24) is 9.88 Å². The number of aromatic nitrogens is 1. The second kappa shape index (κ2) is 5.81. The molecule has 1 aromatic heterocycles. The van der Waals surface area contributed by atoms with Gasteiger partial charge in [-0.05, 0) is 31.2 Å². The van der Waals surface area contributed by atoms with Crippen molar-refractivity contribution < 1.29 is 4.79 Å². The summed E-state index contributed by atoms with van der Waals surface area (Å²) < 4.78 is 0. The number of carbonyl (C=O) groups excluding carboxylic acids is 1. The molecule has 1 aliphatic heterocycles. The molecule has 1 aromatic rings. The molecule has 0 unspecified atom stereocenters. The fourth-order valence-electron chi connectivity index (χ4n) is 3.07. The number of nitrogen functional groups attached to an aromatic ring is 1. The fourth-order valence-corrected chi connectivity index (χ4v) is 3.07. The minimum Gasteiger partial charge on any atom is -0.398 e. The van der Waals surface area contributed by atoms with Gasteiger partial charge in [0.1, 0.15) is 0 Å². The molecule has 0 aromatic carbocycles. The maximum atomic E-state index is 12.5. The molecule has 1 aliphatic rings. The molecule has 20 heavy (non-hydrogen) atoms. The van der Waals surface area contributed by atoms with Gasteiger partial charge < -0.3 is 10.6 Å². The van der Waals surface area contributed by atoms with Crippen molar-refractivity contribution in [3.63, 3.8) is 0 Å². The van der Waals surface area contributed by atoms with Crippen molar-refractivity contribution in [2.45, 2.75) is 46.5 Å². The van der Waals surface area contributed by atoms with Crippen LogP contribution >= 0.6 is 0 Å². The van der Waals surface area contributed by atoms with Gasteiger partial charge in [-0.1, -0.05) is 26.7 Å². The summed E-state index contributed by atoms with van der Waals surface area (Å²) in [6, 6.07) is 1.76. The fraction of sp³-hybridized carbons (Fsp3) is 0.625. The summed E-state index contributed by atoms with van der Waals surface area (Å²) in [7, 11) is 0. The van der Waals surface area contributed by atoms with Crippen molar-refractivity contribution in [3.05, 3.63) is 23.5 Å². The van der Waals surface area contributed by atoms with Crippen LogP contribution in [0.4, 0.5) is 5.69 Å². The normalized spacial score (nSPS) is 18.1. The second-order valence-corrected chi connectivity index (χ2v) is 5.91. The van der Waals surface area contributed by atoms with Gasteiger partial charge >= 0.3 is 0 Å². The van der Waals surface area contributed by atoms with E-state index in [4.69, 9.17) is 5.73 Å². The van der Waals surface area contributed by atoms with Crippen LogP contribution in [-0.2, 0) is 0 Å². The van der Waals surface area contributed by atoms with E-state index in [-0.39, 0.29) is 5.91 Å². The number of hydrogen-bond acceptors (Lipinski definition) is 3. The third-order valence-corrected chi connectivity index (χ3v) is 4.91. The molecule has 2 heterocycles. The van der Waals surface area contributed by atoms with E-state index in [1.165, 1.54) is 12.8 Å². The number of piperidine rings is 1. The van der Waals surface area contributed by atoms with Crippen LogP contribution in [0.3, 0.4) is 0 Å². The predicted octanol–water partition coefficient (Wildman–Crippen LogP) is 3.01. The third-order valence-electron chi connectivity index (χ3n) is 4.91. The number of nitrogens with two attached hydrogens (primary N) is 1. The van der Waals surface area contributed by atoms with E-state index < -0.39 is 0 Å². The van der Waals surface area contributed by atoms with E-state index in [9.17, 15) is 4.79 Å². The molecule has 0 aliphatic carbocycles. The lowest BCUT2D eigenvalue weighted by Crippen LogP contribution is -2.43. The van der Waals surface area contributed by atoms with Crippen LogP contribution in [0.2, 0.25) is 0 Å². The summed E-state index contributed by atoms with van der Waals surface area (Å²) >= 11 is 0. The molecular formula is C16H25N3O. The van der Waals surface area contributed by atoms with E-state index in [0.29, 0.717) is 16.7 Å². The zero-order valence-electron chi connectivity index (χ0n) is 12.8. The van der Waals surface area contributed by atoms with Crippen LogP contribution in [0.15, 0.2) is 12.3 Å². The number of pyridine rings is 1. The highest BCUT2D eigenvalue weighted by molar-refractivity contribution is 5.98. The summed E-state index contributed by atoms with van der Waals surface area (Å²) in [6.07, 6.45) is 6.17. The van der Waals surface area contributed by atoms with Gasteiger partial charge in [0.25, 0.3) is 5.91 Å². The first-order valence-electron chi connectivity index (χ1n) is 7.53. The Morgan fingerprint density at radius 2 is 1.95 bits per heavy atom. The van der Waals surface area contributed by atoms with Crippen molar-refractivity contribution in [1.29, 1.82) is 0 Å². The van der Waals surface area contributed by atoms with Gasteiger partial charge in [-0.15, -0.1) is 0 Å². The maximum absolute atomic E-state index is 12.5. The van der Waals surface area contributed by atoms with E-state index in [1.54, 1.807) is 12.3 Å². The molecule has 4 heteroatoms. The second-order valence-electron chi connectivity index (χ2n) is 5.91. The van der Waals surface area contributed by atoms with Gasteiger partial charge in [0.2, 0.25) is 0 Å². The average Bonchev–Trinajstić information content (AvgIpc) is 2.47. The lowest BCUT2D eigenvalue weighted by molar-refractivity contribution is 0.0558. The standard InChI is InChI=1S/C16H25N3O/c1-4-16(5-2)6-8-19(9-7-16)15(20)13-11-18-12(3)10-14(13)17/h10-11H,4-9H2,1-3H3,(H2,17,18). The molecule has 0 radical (unpaired) electrons. The molecule has 1 amide bonds. The van der Waals surface area contributed by atoms with Crippen LogP contribution < -0.4 is 5.73 Å². The van der Waals surface area contributed by atoms with Crippen molar-refractivity contribution in [2.24, 2.45) is 5.41 Å². The Morgan fingerprint density at radius 3 is 2.45 bits per heavy atom. The van der Waals surface area contributed by atoms with Gasteiger partial charge in [-0.25, -0.2) is 0 Å². The Bertz CT molecular complexity index is 484. The topological polar surface area (TPSA) is 59.2 Å². The zero-order chi connectivity index (χ0) is 14.8. The third kappa shape index (κ3) is 2.79. The summed E-state index contributed by atoms with van der Waals surface area (Å²) in [5.74, 6) is 0.0239. The van der Waals surface area contributed by atoms with Gasteiger partial charge in [-0.2, -0.15) is 0 Å². The summed E-state index contributed by atoms with van der Waals surface area (Å²) in [5, 5.41) is 0. The summed E-state index contributed by atoms with van der Waals surface area (Å²) in [4.78, 5) is 18.6. The quantitative estimate of drug-likeness (QED) is 0.922. The Labute approximate surface area is 121 Å². The number of aryl methyl sites for hydroxylation is 1. The number of anilines is 1. The van der Waals surface area contributed by atoms with Gasteiger partial charge in [0, 0.05) is 30.7 Å². The Morgan fingerprint density at radius 1 is 1.35 bits per heavy atom. The van der Waals surface area contributed by atoms with Crippen LogP contribution in [0.5, 0.6) is 0 Å². The van der Waals surface area contributed by atoms with Crippen LogP contribution in [0.1, 0.15) is 55.6 Å². The predicted molar refractivity (Wildman–Crippen MR) is 81.5 cm³/mol. The number of hydrogen-bond donors (Lipinski definition) is 1. The Hall–Kier alpha value is -1.58. The van der Waals surface area contributed by atoms with Crippen LogP contribution in [0.25, 0.3) is 0 Å². The first-order valence-corrected chi connectivity index (χ1v) is 7.53. The number of likely N-dealkylation sites (tertiary alicyclic amines) is 1. The number of amides is 1. The van der Waals surface area contributed by atoms with Gasteiger partial charge in [0.15, 0.2) is 0 Å². The molecular weight excluding hydrogens is 250 g/mol. The smallest absolute Gasteiger partial charge is 0.257 e. The lowest BCUT2D eigenvalue weighted by Gasteiger charge is -2.41. The molecule has 0 saturated carbocycles. The number of nitrogens with zero attached hydrogens (tertiary/aromatic N) is 2. The van der Waals surface area contributed by atoms with Gasteiger partial charge in [0.05, 0.1) is 5.56 Å². The SMILES string of the molecule is CCC1(CC)CCN(C(=O)c2cnc(C)cc2N)CC1. The minimum atomic E-state index is 0.0239. The molecule has 110 valence electrons. The molecule has 0 atom stereocenters. The Balaban J connectivity index is 2.09. The first-order chi connectivity index (χ1) is 9.51. The van der Waals surface area contributed by atoms with E-state index in [2.05, 4.69) is 18.8 Å². The largest absolute Gasteiger partial charge is 0.398 e. The molecule has 4 nitrogen and oxygen atoms in total. The van der Waals surface area contributed by atoms with Crippen molar-refractivity contribution in [2.75, 3.05) is 18.8 Å². The number of rotatable bonds is 3. The molecule has 0 spiro atoms. The summed E-state index contributed by atoms with van der Waals surface area (Å²) in [5.41, 5.74) is 8.28. The highest BCUT2D eigenvalue weighted by Gasteiger charge is 2.33. The van der Waals surface area contributed by atoms with Crippen LogP contribution in [0, 0.1) is 12.3 Å². The molecule has 2 rings (SSSR count). The van der Waals surface area contributed by atoms with E-state index >= 15 is 0 Å². The molecule has 2 N–H and O–H groups in total. The van der Waals surface area contributed by atoms with E-state index in [1.807, 2.05) is 11.8 Å². The monoisotopic (exact) mass is 275 g/mol.